The number of benzene rings is 2. The van der Waals surface area contributed by atoms with Crippen molar-refractivity contribution in [1.82, 2.24) is 0 Å². The molecule has 0 aliphatic heterocycles. The summed E-state index contributed by atoms with van der Waals surface area (Å²) in [5, 5.41) is 2.88. The predicted molar refractivity (Wildman–Crippen MR) is 83.8 cm³/mol. The fourth-order valence-corrected chi connectivity index (χ4v) is 1.88. The molecule has 4 heteroatoms. The number of hydrogen-bond acceptors (Lipinski definition) is 3. The number of nitrogens with two attached hydrogens (primary N) is 1. The van der Waals surface area contributed by atoms with Gasteiger partial charge in [0.05, 0.1) is 0 Å². The maximum absolute atomic E-state index is 12.2. The van der Waals surface area contributed by atoms with E-state index >= 15 is 0 Å². The maximum Gasteiger partial charge on any atom is 0.246 e. The summed E-state index contributed by atoms with van der Waals surface area (Å²) in [6.45, 7) is 1.87. The zero-order valence-electron chi connectivity index (χ0n) is 11.7. The first-order valence-electron chi connectivity index (χ1n) is 6.52. The molecule has 20 heavy (non-hydrogen) atoms. The molecule has 0 fully saturated rings. The topological polar surface area (TPSA) is 58.4 Å². The number of rotatable bonds is 4. The molecule has 0 radical (unpaired) electrons. The van der Waals surface area contributed by atoms with Crippen LogP contribution < -0.4 is 16.0 Å². The van der Waals surface area contributed by atoms with Gasteiger partial charge in [-0.05, 0) is 43.3 Å². The SMILES string of the molecule is CC(C(=O)Nc1ccc(N)cc1)N(C)c1ccccc1. The van der Waals surface area contributed by atoms with E-state index in [1.807, 2.05) is 49.2 Å². The van der Waals surface area contributed by atoms with Crippen LogP contribution in [0.2, 0.25) is 0 Å². The second kappa shape index (κ2) is 6.10. The van der Waals surface area contributed by atoms with Crippen LogP contribution in [0.15, 0.2) is 54.6 Å². The van der Waals surface area contributed by atoms with Gasteiger partial charge < -0.3 is 16.0 Å². The maximum atomic E-state index is 12.2. The smallest absolute Gasteiger partial charge is 0.246 e. The molecular weight excluding hydrogens is 250 g/mol. The molecule has 0 bridgehead atoms. The molecule has 0 aliphatic carbocycles. The van der Waals surface area contributed by atoms with E-state index in [0.29, 0.717) is 5.69 Å². The third-order valence-corrected chi connectivity index (χ3v) is 3.30. The van der Waals surface area contributed by atoms with Crippen LogP contribution in [-0.2, 0) is 4.79 Å². The van der Waals surface area contributed by atoms with Gasteiger partial charge in [-0.1, -0.05) is 18.2 Å². The van der Waals surface area contributed by atoms with Gasteiger partial charge in [-0.3, -0.25) is 4.79 Å². The minimum atomic E-state index is -0.269. The Balaban J connectivity index is 2.03. The number of nitrogens with one attached hydrogen (secondary N) is 1. The van der Waals surface area contributed by atoms with Gasteiger partial charge in [0.15, 0.2) is 0 Å². The van der Waals surface area contributed by atoms with E-state index in [4.69, 9.17) is 5.73 Å². The van der Waals surface area contributed by atoms with Gasteiger partial charge in [0.1, 0.15) is 6.04 Å². The number of para-hydroxylation sites is 1. The summed E-state index contributed by atoms with van der Waals surface area (Å²) in [6.07, 6.45) is 0. The average Bonchev–Trinajstić information content (AvgIpc) is 2.49. The molecule has 104 valence electrons. The van der Waals surface area contributed by atoms with Crippen molar-refractivity contribution in [3.8, 4) is 0 Å². The molecule has 2 aromatic rings. The Kier molecular flexibility index (Phi) is 4.25. The van der Waals surface area contributed by atoms with Gasteiger partial charge in [0, 0.05) is 24.1 Å². The summed E-state index contributed by atoms with van der Waals surface area (Å²) in [5.74, 6) is -0.0545. The lowest BCUT2D eigenvalue weighted by Crippen LogP contribution is -2.39. The highest BCUT2D eigenvalue weighted by Crippen LogP contribution is 2.16. The predicted octanol–water partition coefficient (Wildman–Crippen LogP) is 2.73. The van der Waals surface area contributed by atoms with Crippen LogP contribution in [0.4, 0.5) is 17.1 Å². The van der Waals surface area contributed by atoms with Crippen molar-refractivity contribution in [3.63, 3.8) is 0 Å². The first-order valence-corrected chi connectivity index (χ1v) is 6.52. The van der Waals surface area contributed by atoms with Crippen LogP contribution in [0.1, 0.15) is 6.92 Å². The molecule has 1 amide bonds. The van der Waals surface area contributed by atoms with E-state index in [1.165, 1.54) is 0 Å². The number of carbonyl (C=O) groups is 1. The standard InChI is InChI=1S/C16H19N3O/c1-12(19(2)15-6-4-3-5-7-15)16(20)18-14-10-8-13(17)9-11-14/h3-12H,17H2,1-2H3,(H,18,20). The van der Waals surface area contributed by atoms with E-state index in [1.54, 1.807) is 24.3 Å². The Morgan fingerprint density at radius 2 is 1.70 bits per heavy atom. The van der Waals surface area contributed by atoms with Gasteiger partial charge >= 0.3 is 0 Å². The van der Waals surface area contributed by atoms with E-state index in [2.05, 4.69) is 5.32 Å². The molecule has 4 nitrogen and oxygen atoms in total. The third-order valence-electron chi connectivity index (χ3n) is 3.30. The second-order valence-corrected chi connectivity index (χ2v) is 4.73. The highest BCUT2D eigenvalue weighted by Gasteiger charge is 2.18. The lowest BCUT2D eigenvalue weighted by Gasteiger charge is -2.26. The molecule has 2 rings (SSSR count). The molecule has 0 spiro atoms. The molecular formula is C16H19N3O. The highest BCUT2D eigenvalue weighted by molar-refractivity contribution is 5.96. The Hall–Kier alpha value is -2.49. The van der Waals surface area contributed by atoms with E-state index < -0.39 is 0 Å². The summed E-state index contributed by atoms with van der Waals surface area (Å²) in [5.41, 5.74) is 8.05. The Morgan fingerprint density at radius 1 is 1.10 bits per heavy atom. The normalized spacial score (nSPS) is 11.7. The Labute approximate surface area is 119 Å². The number of likely N-dealkylation sites (N-methyl/N-ethyl adjacent to an activating group) is 1. The summed E-state index contributed by atoms with van der Waals surface area (Å²) in [7, 11) is 1.91. The zero-order valence-corrected chi connectivity index (χ0v) is 11.7. The number of anilines is 3. The van der Waals surface area contributed by atoms with Gasteiger partial charge in [-0.2, -0.15) is 0 Å². The fourth-order valence-electron chi connectivity index (χ4n) is 1.88. The molecule has 0 aromatic heterocycles. The summed E-state index contributed by atoms with van der Waals surface area (Å²) in [4.78, 5) is 14.2. The van der Waals surface area contributed by atoms with E-state index in [0.717, 1.165) is 11.4 Å². The van der Waals surface area contributed by atoms with Crippen molar-refractivity contribution >= 4 is 23.0 Å². The van der Waals surface area contributed by atoms with Crippen LogP contribution in [-0.4, -0.2) is 19.0 Å². The van der Waals surface area contributed by atoms with E-state index in [-0.39, 0.29) is 11.9 Å². The number of hydrogen-bond donors (Lipinski definition) is 2. The lowest BCUT2D eigenvalue weighted by molar-refractivity contribution is -0.117. The number of carbonyl (C=O) groups excluding carboxylic acids is 1. The number of nitrogen functional groups attached to an aromatic ring is 1. The second-order valence-electron chi connectivity index (χ2n) is 4.73. The van der Waals surface area contributed by atoms with Crippen LogP contribution in [0, 0.1) is 0 Å². The van der Waals surface area contributed by atoms with Crippen molar-refractivity contribution in [1.29, 1.82) is 0 Å². The number of nitrogens with zero attached hydrogens (tertiary/aromatic N) is 1. The first-order chi connectivity index (χ1) is 9.58. The van der Waals surface area contributed by atoms with Crippen LogP contribution in [0.25, 0.3) is 0 Å². The number of amides is 1. The van der Waals surface area contributed by atoms with Gasteiger partial charge in [0.25, 0.3) is 0 Å². The summed E-state index contributed by atoms with van der Waals surface area (Å²) >= 11 is 0. The summed E-state index contributed by atoms with van der Waals surface area (Å²) in [6, 6.07) is 16.7. The Morgan fingerprint density at radius 3 is 2.30 bits per heavy atom. The van der Waals surface area contributed by atoms with Crippen LogP contribution >= 0.6 is 0 Å². The van der Waals surface area contributed by atoms with E-state index in [9.17, 15) is 4.79 Å². The molecule has 1 atom stereocenters. The van der Waals surface area contributed by atoms with Crippen molar-refractivity contribution in [3.05, 3.63) is 54.6 Å². The molecule has 3 N–H and O–H groups in total. The molecule has 0 saturated heterocycles. The van der Waals surface area contributed by atoms with Gasteiger partial charge in [0.2, 0.25) is 5.91 Å². The molecule has 0 heterocycles. The first kappa shape index (κ1) is 13.9. The van der Waals surface area contributed by atoms with Gasteiger partial charge in [-0.25, -0.2) is 0 Å². The zero-order chi connectivity index (χ0) is 14.5. The Bertz CT molecular complexity index is 566. The molecule has 0 aliphatic rings. The van der Waals surface area contributed by atoms with Crippen molar-refractivity contribution in [2.45, 2.75) is 13.0 Å². The molecule has 2 aromatic carbocycles. The molecule has 0 saturated carbocycles. The average molecular weight is 269 g/mol. The largest absolute Gasteiger partial charge is 0.399 e. The minimum Gasteiger partial charge on any atom is -0.399 e. The van der Waals surface area contributed by atoms with Gasteiger partial charge in [-0.15, -0.1) is 0 Å². The lowest BCUT2D eigenvalue weighted by atomic mass is 10.2. The monoisotopic (exact) mass is 269 g/mol. The fraction of sp³-hybridized carbons (Fsp3) is 0.188. The third kappa shape index (κ3) is 3.29. The quantitative estimate of drug-likeness (QED) is 0.839. The summed E-state index contributed by atoms with van der Waals surface area (Å²) < 4.78 is 0. The molecule has 1 unspecified atom stereocenters. The van der Waals surface area contributed by atoms with Crippen LogP contribution in [0.3, 0.4) is 0 Å². The van der Waals surface area contributed by atoms with Crippen molar-refractivity contribution < 1.29 is 4.79 Å². The van der Waals surface area contributed by atoms with Crippen molar-refractivity contribution in [2.24, 2.45) is 0 Å². The van der Waals surface area contributed by atoms with Crippen LogP contribution in [0.5, 0.6) is 0 Å². The van der Waals surface area contributed by atoms with Crippen molar-refractivity contribution in [2.75, 3.05) is 23.0 Å². The highest BCUT2D eigenvalue weighted by atomic mass is 16.2. The minimum absolute atomic E-state index is 0.0545.